The second-order valence-corrected chi connectivity index (χ2v) is 20.7. The highest BCUT2D eigenvalue weighted by Crippen LogP contribution is 2.46. The van der Waals surface area contributed by atoms with Crippen molar-refractivity contribution < 1.29 is 8.42 Å². The average Bonchev–Trinajstić information content (AvgIpc) is 3.29. The lowest BCUT2D eigenvalue weighted by Crippen LogP contribution is -2.20. The van der Waals surface area contributed by atoms with Crippen LogP contribution in [-0.2, 0) is 10.0 Å². The predicted molar refractivity (Wildman–Crippen MR) is 271 cm³/mol. The Bertz CT molecular complexity index is 2910. The van der Waals surface area contributed by atoms with Gasteiger partial charge in [0.25, 0.3) is 10.0 Å². The van der Waals surface area contributed by atoms with E-state index in [1.54, 1.807) is 43.0 Å². The van der Waals surface area contributed by atoms with Crippen LogP contribution in [0.1, 0.15) is 79.8 Å². The highest BCUT2D eigenvalue weighted by molar-refractivity contribution is 9.10. The molecule has 0 saturated heterocycles. The van der Waals surface area contributed by atoms with Gasteiger partial charge in [0.05, 0.1) is 33.4 Å². The number of aryl methyl sites for hydroxylation is 1. The number of fused-ring (bicyclic) bond motifs is 4. The molecule has 0 amide bonds. The van der Waals surface area contributed by atoms with Crippen molar-refractivity contribution in [1.82, 2.24) is 4.83 Å². The summed E-state index contributed by atoms with van der Waals surface area (Å²) in [6.45, 7) is 16.9. The molecule has 63 heavy (non-hydrogen) atoms. The molecule has 0 saturated carbocycles. The largest absolute Gasteiger partial charge is 0.354 e. The van der Waals surface area contributed by atoms with E-state index in [-0.39, 0.29) is 4.90 Å². The third kappa shape index (κ3) is 11.5. The van der Waals surface area contributed by atoms with Crippen molar-refractivity contribution in [2.45, 2.75) is 77.9 Å². The van der Waals surface area contributed by atoms with Gasteiger partial charge in [0, 0.05) is 24.1 Å². The van der Waals surface area contributed by atoms with Gasteiger partial charge >= 0.3 is 0 Å². The summed E-state index contributed by atoms with van der Waals surface area (Å²) in [5, 5.41) is 11.1. The lowest BCUT2D eigenvalue weighted by atomic mass is 9.94. The Morgan fingerprint density at radius 2 is 1.08 bits per heavy atom. The molecule has 0 unspecified atom stereocenters. The molecule has 2 heterocycles. The van der Waals surface area contributed by atoms with Gasteiger partial charge in [-0.3, -0.25) is 0 Å². The van der Waals surface area contributed by atoms with Crippen LogP contribution in [0.3, 0.4) is 0 Å². The summed E-state index contributed by atoms with van der Waals surface area (Å²) in [4.78, 5) is 7.34. The van der Waals surface area contributed by atoms with E-state index in [0.717, 1.165) is 44.2 Å². The number of anilines is 4. The fraction of sp³-hybridized carbons (Fsp3) is 0.151. The smallest absolute Gasteiger partial charge is 0.276 e. The lowest BCUT2D eigenvalue weighted by Gasteiger charge is -2.21. The molecule has 0 bridgehead atoms. The van der Waals surface area contributed by atoms with Gasteiger partial charge in [0.2, 0.25) is 0 Å². The van der Waals surface area contributed by atoms with Crippen LogP contribution in [0.25, 0.3) is 5.57 Å². The molecule has 0 atom stereocenters. The van der Waals surface area contributed by atoms with Crippen molar-refractivity contribution in [2.24, 2.45) is 5.10 Å². The summed E-state index contributed by atoms with van der Waals surface area (Å²) in [5.74, 6) is 1.14. The number of nitrogens with one attached hydrogen (secondary N) is 3. The van der Waals surface area contributed by atoms with Gasteiger partial charge in [-0.05, 0) is 132 Å². The van der Waals surface area contributed by atoms with E-state index in [9.17, 15) is 8.42 Å². The third-order valence-electron chi connectivity index (χ3n) is 10.6. The second-order valence-electron chi connectivity index (χ2n) is 15.9. The molecule has 9 rings (SSSR count). The zero-order chi connectivity index (χ0) is 44.7. The first-order chi connectivity index (χ1) is 30.2. The van der Waals surface area contributed by atoms with Crippen LogP contribution in [0.4, 0.5) is 22.7 Å². The van der Waals surface area contributed by atoms with E-state index in [4.69, 9.17) is 0 Å². The normalized spacial score (nSPS) is 12.4. The molecular formula is C53H51BrN4O2S3. The molecule has 7 aromatic carbocycles. The van der Waals surface area contributed by atoms with Crippen LogP contribution in [0.15, 0.2) is 198 Å². The molecule has 2 aliphatic rings. The van der Waals surface area contributed by atoms with E-state index in [1.807, 2.05) is 61.2 Å². The molecule has 0 fully saturated rings. The molecule has 2 aliphatic heterocycles. The molecule has 6 nitrogen and oxygen atoms in total. The highest BCUT2D eigenvalue weighted by Gasteiger charge is 2.18. The summed E-state index contributed by atoms with van der Waals surface area (Å²) in [6, 6.07) is 52.9. The lowest BCUT2D eigenvalue weighted by molar-refractivity contribution is 0.584. The minimum Gasteiger partial charge on any atom is -0.354 e. The molecule has 0 aromatic heterocycles. The summed E-state index contributed by atoms with van der Waals surface area (Å²) >= 11 is 6.95. The Balaban J connectivity index is 0.000000156. The monoisotopic (exact) mass is 950 g/mol. The first kappa shape index (κ1) is 45.5. The zero-order valence-electron chi connectivity index (χ0n) is 36.2. The quantitative estimate of drug-likeness (QED) is 0.104. The Kier molecular flexibility index (Phi) is 14.7. The number of sulfonamides is 1. The minimum absolute atomic E-state index is 0.190. The van der Waals surface area contributed by atoms with Crippen LogP contribution < -0.4 is 15.5 Å². The van der Waals surface area contributed by atoms with E-state index >= 15 is 0 Å². The van der Waals surface area contributed by atoms with Crippen LogP contribution >= 0.6 is 39.5 Å². The summed E-state index contributed by atoms with van der Waals surface area (Å²) in [7, 11) is -3.69. The Hall–Kier alpha value is -5.52. The number of hydrazone groups is 1. The second kappa shape index (κ2) is 20.3. The minimum atomic E-state index is -3.69. The van der Waals surface area contributed by atoms with Gasteiger partial charge in [0.15, 0.2) is 0 Å². The first-order valence-electron chi connectivity index (χ1n) is 20.8. The molecule has 0 spiro atoms. The first-order valence-corrected chi connectivity index (χ1v) is 24.7. The molecule has 3 N–H and O–H groups in total. The fourth-order valence-electron chi connectivity index (χ4n) is 6.77. The Labute approximate surface area is 389 Å². The predicted octanol–water partition coefficient (Wildman–Crippen LogP) is 15.6. The number of hydrogen-bond donors (Lipinski definition) is 3. The average molecular weight is 952 g/mol. The van der Waals surface area contributed by atoms with Crippen molar-refractivity contribution in [3.8, 4) is 0 Å². The number of benzene rings is 7. The van der Waals surface area contributed by atoms with Crippen LogP contribution in [0.5, 0.6) is 0 Å². The van der Waals surface area contributed by atoms with E-state index < -0.39 is 10.0 Å². The topological polar surface area (TPSA) is 82.6 Å². The van der Waals surface area contributed by atoms with E-state index in [1.165, 1.54) is 41.5 Å². The van der Waals surface area contributed by atoms with Crippen molar-refractivity contribution in [3.63, 3.8) is 0 Å². The number of halogens is 1. The molecule has 0 radical (unpaired) electrons. The molecular weight excluding hydrogens is 901 g/mol. The third-order valence-corrected chi connectivity index (χ3v) is 14.6. The van der Waals surface area contributed by atoms with E-state index in [0.29, 0.717) is 17.5 Å². The van der Waals surface area contributed by atoms with Crippen molar-refractivity contribution in [2.75, 3.05) is 10.6 Å². The van der Waals surface area contributed by atoms with Crippen molar-refractivity contribution >= 4 is 83.5 Å². The van der Waals surface area contributed by atoms with Gasteiger partial charge in [0.1, 0.15) is 0 Å². The zero-order valence-corrected chi connectivity index (χ0v) is 40.3. The van der Waals surface area contributed by atoms with Gasteiger partial charge in [-0.2, -0.15) is 18.4 Å². The molecule has 10 heteroatoms. The number of nitrogens with zero attached hydrogens (tertiary/aromatic N) is 1. The van der Waals surface area contributed by atoms with Gasteiger partial charge in [-0.1, -0.05) is 164 Å². The standard InChI is InChI=1S/C23H21NS.C21H19N3O2S2.C9H11Br/c1-15(2)17-7-6-8-18(13-17)16(3)19-11-12-23-21(14-19)24-20-9-4-5-10-22(20)25-23;1-14-7-10-17(11-8-14)28(25,26)24-23-15(2)16-9-12-21-19(13-16)22-18-5-3-4-6-20(18)27-21;1-7(2)8-4-3-5-9(10)6-8/h4-15,24H,3H2,1-2H3;3-13,22,24H,1-2H3;3-7H,1-2H3/b;23-15+;. The molecule has 7 aromatic rings. The van der Waals surface area contributed by atoms with Gasteiger partial charge < -0.3 is 10.6 Å². The Morgan fingerprint density at radius 1 is 0.587 bits per heavy atom. The van der Waals surface area contributed by atoms with Crippen LogP contribution in [-0.4, -0.2) is 14.1 Å². The van der Waals surface area contributed by atoms with E-state index in [2.05, 4.69) is 162 Å². The Morgan fingerprint density at radius 3 is 1.63 bits per heavy atom. The van der Waals surface area contributed by atoms with Gasteiger partial charge in [-0.15, -0.1) is 0 Å². The maximum atomic E-state index is 12.4. The maximum Gasteiger partial charge on any atom is 0.276 e. The number of hydrogen-bond acceptors (Lipinski definition) is 7. The number of rotatable bonds is 8. The molecule has 320 valence electrons. The summed E-state index contributed by atoms with van der Waals surface area (Å²) < 4.78 is 26.0. The summed E-state index contributed by atoms with van der Waals surface area (Å²) in [5.41, 5.74) is 12.9. The van der Waals surface area contributed by atoms with Crippen LogP contribution in [0, 0.1) is 6.92 Å². The maximum absolute atomic E-state index is 12.4. The van der Waals surface area contributed by atoms with Crippen LogP contribution in [0.2, 0.25) is 0 Å². The van der Waals surface area contributed by atoms with Crippen molar-refractivity contribution in [1.29, 1.82) is 0 Å². The molecule has 0 aliphatic carbocycles. The fourth-order valence-corrected chi connectivity index (χ4v) is 9.98. The van der Waals surface area contributed by atoms with Crippen molar-refractivity contribution in [3.05, 3.63) is 202 Å². The van der Waals surface area contributed by atoms with Gasteiger partial charge in [-0.25, -0.2) is 0 Å². The number of para-hydroxylation sites is 2. The SMILES string of the molecule is C/C(=N\NS(=O)(=O)c1ccc(C)cc1)c1ccc2c(c1)Nc1ccccc1S2.C=C(c1cccc(C(C)C)c1)c1ccc2c(c1)Nc1ccccc1S2.CC(C)c1cccc(Br)c1. The summed E-state index contributed by atoms with van der Waals surface area (Å²) in [6.07, 6.45) is 0. The highest BCUT2D eigenvalue weighted by atomic mass is 79.9.